The number of anilines is 2. The minimum atomic E-state index is 0.454. The third kappa shape index (κ3) is 4.11. The van der Waals surface area contributed by atoms with Crippen LogP contribution in [-0.2, 0) is 0 Å². The molecule has 0 bridgehead atoms. The van der Waals surface area contributed by atoms with Gasteiger partial charge in [0.1, 0.15) is 11.6 Å². The molecular formula is C24H22ClN5O2. The van der Waals surface area contributed by atoms with Crippen LogP contribution in [-0.4, -0.2) is 48.4 Å². The number of nitrogens with zero attached hydrogens (tertiary/aromatic N) is 5. The Bertz CT molecular complexity index is 1190. The second-order valence-corrected chi connectivity index (χ2v) is 7.91. The zero-order valence-corrected chi connectivity index (χ0v) is 18.4. The number of benzene rings is 2. The average molecular weight is 448 g/mol. The Morgan fingerprint density at radius 1 is 0.906 bits per heavy atom. The van der Waals surface area contributed by atoms with Gasteiger partial charge in [-0.05, 0) is 60.7 Å². The molecule has 0 spiro atoms. The summed E-state index contributed by atoms with van der Waals surface area (Å²) < 4.78 is 10.9. The maximum Gasteiger partial charge on any atom is 0.261 e. The number of hydrogen-bond donors (Lipinski definition) is 0. The molecule has 2 aromatic heterocycles. The fraction of sp³-hybridized carbons (Fsp3) is 0.208. The predicted molar refractivity (Wildman–Crippen MR) is 125 cm³/mol. The van der Waals surface area contributed by atoms with Crippen molar-refractivity contribution in [3.8, 4) is 28.6 Å². The first kappa shape index (κ1) is 20.3. The van der Waals surface area contributed by atoms with E-state index in [0.29, 0.717) is 16.7 Å². The summed E-state index contributed by atoms with van der Waals surface area (Å²) in [5.41, 5.74) is 2.87. The molecule has 3 heterocycles. The molecule has 1 aliphatic heterocycles. The summed E-state index contributed by atoms with van der Waals surface area (Å²) >= 11 is 5.98. The lowest BCUT2D eigenvalue weighted by molar-refractivity contribution is 0.415. The average Bonchev–Trinajstić information content (AvgIpc) is 3.35. The maximum absolute atomic E-state index is 5.98. The van der Waals surface area contributed by atoms with Crippen molar-refractivity contribution in [2.24, 2.45) is 0 Å². The molecule has 1 saturated heterocycles. The van der Waals surface area contributed by atoms with E-state index in [-0.39, 0.29) is 0 Å². The molecule has 0 saturated carbocycles. The second-order valence-electron chi connectivity index (χ2n) is 7.48. The molecule has 8 heteroatoms. The molecule has 162 valence electrons. The number of methoxy groups -OCH3 is 1. The number of ether oxygens (including phenoxy) is 1. The first-order valence-corrected chi connectivity index (χ1v) is 10.8. The summed E-state index contributed by atoms with van der Waals surface area (Å²) in [6.45, 7) is 3.47. The van der Waals surface area contributed by atoms with Crippen LogP contribution in [0, 0.1) is 0 Å². The highest BCUT2D eigenvalue weighted by molar-refractivity contribution is 6.30. The van der Waals surface area contributed by atoms with Gasteiger partial charge in [0, 0.05) is 48.6 Å². The number of halogens is 1. The molecular weight excluding hydrogens is 426 g/mol. The number of pyridine rings is 1. The van der Waals surface area contributed by atoms with E-state index in [4.69, 9.17) is 20.9 Å². The molecule has 0 atom stereocenters. The van der Waals surface area contributed by atoms with E-state index >= 15 is 0 Å². The Labute approximate surface area is 191 Å². The highest BCUT2D eigenvalue weighted by Crippen LogP contribution is 2.31. The van der Waals surface area contributed by atoms with Gasteiger partial charge in [0.15, 0.2) is 0 Å². The highest BCUT2D eigenvalue weighted by Gasteiger charge is 2.23. The third-order valence-electron chi connectivity index (χ3n) is 5.56. The van der Waals surface area contributed by atoms with Crippen LogP contribution < -0.4 is 14.5 Å². The number of rotatable bonds is 5. The van der Waals surface area contributed by atoms with E-state index in [1.165, 1.54) is 5.69 Å². The van der Waals surface area contributed by atoms with Gasteiger partial charge in [-0.1, -0.05) is 16.8 Å². The summed E-state index contributed by atoms with van der Waals surface area (Å²) in [5.74, 6) is 2.70. The zero-order chi connectivity index (χ0) is 21.9. The van der Waals surface area contributed by atoms with Crippen LogP contribution in [0.5, 0.6) is 5.75 Å². The van der Waals surface area contributed by atoms with Crippen molar-refractivity contribution in [1.29, 1.82) is 0 Å². The first-order valence-electron chi connectivity index (χ1n) is 10.4. The summed E-state index contributed by atoms with van der Waals surface area (Å²) in [5, 5.41) is 4.82. The van der Waals surface area contributed by atoms with Gasteiger partial charge in [-0.15, -0.1) is 0 Å². The Balaban J connectivity index is 1.34. The van der Waals surface area contributed by atoms with Gasteiger partial charge in [0.05, 0.1) is 12.7 Å². The smallest absolute Gasteiger partial charge is 0.261 e. The van der Waals surface area contributed by atoms with E-state index in [9.17, 15) is 0 Å². The predicted octanol–water partition coefficient (Wildman–Crippen LogP) is 4.79. The molecule has 32 heavy (non-hydrogen) atoms. The lowest BCUT2D eigenvalue weighted by Crippen LogP contribution is -2.47. The minimum Gasteiger partial charge on any atom is -0.497 e. The number of hydrogen-bond acceptors (Lipinski definition) is 7. The van der Waals surface area contributed by atoms with Gasteiger partial charge in [-0.2, -0.15) is 4.98 Å². The van der Waals surface area contributed by atoms with Gasteiger partial charge in [0.2, 0.25) is 5.82 Å². The van der Waals surface area contributed by atoms with Crippen LogP contribution in [0.3, 0.4) is 0 Å². The second kappa shape index (κ2) is 8.88. The Morgan fingerprint density at radius 2 is 1.62 bits per heavy atom. The molecule has 0 radical (unpaired) electrons. The topological polar surface area (TPSA) is 67.5 Å². The number of aromatic nitrogens is 3. The maximum atomic E-state index is 5.98. The standard InChI is InChI=1S/C24H22ClN5O2/c1-31-20-10-8-19(9-11-20)29-13-15-30(16-14-29)23-21(3-2-12-26-23)24-27-22(28-32-24)17-4-6-18(25)7-5-17/h2-12H,13-16H2,1H3. The summed E-state index contributed by atoms with van der Waals surface area (Å²) in [6, 6.07) is 19.4. The molecule has 1 fully saturated rings. The molecule has 0 N–H and O–H groups in total. The molecule has 1 aliphatic rings. The highest BCUT2D eigenvalue weighted by atomic mass is 35.5. The zero-order valence-electron chi connectivity index (χ0n) is 17.6. The Kier molecular flexibility index (Phi) is 5.64. The molecule has 0 amide bonds. The molecule has 0 unspecified atom stereocenters. The Morgan fingerprint density at radius 3 is 2.34 bits per heavy atom. The minimum absolute atomic E-state index is 0.454. The number of piperazine rings is 1. The molecule has 4 aromatic rings. The molecule has 5 rings (SSSR count). The van der Waals surface area contributed by atoms with Gasteiger partial charge in [0.25, 0.3) is 5.89 Å². The van der Waals surface area contributed by atoms with Crippen molar-refractivity contribution < 1.29 is 9.26 Å². The van der Waals surface area contributed by atoms with E-state index < -0.39 is 0 Å². The quantitative estimate of drug-likeness (QED) is 0.435. The third-order valence-corrected chi connectivity index (χ3v) is 5.81. The van der Waals surface area contributed by atoms with E-state index in [1.807, 2.05) is 48.5 Å². The lowest BCUT2D eigenvalue weighted by atomic mass is 10.2. The van der Waals surface area contributed by atoms with Gasteiger partial charge in [-0.3, -0.25) is 0 Å². The Hall–Kier alpha value is -3.58. The van der Waals surface area contributed by atoms with Crippen LogP contribution in [0.4, 0.5) is 11.5 Å². The van der Waals surface area contributed by atoms with Crippen molar-refractivity contribution in [3.63, 3.8) is 0 Å². The van der Waals surface area contributed by atoms with Crippen LogP contribution in [0.15, 0.2) is 71.4 Å². The fourth-order valence-corrected chi connectivity index (χ4v) is 3.96. The lowest BCUT2D eigenvalue weighted by Gasteiger charge is -2.37. The van der Waals surface area contributed by atoms with Gasteiger partial charge in [-0.25, -0.2) is 4.98 Å². The van der Waals surface area contributed by atoms with E-state index in [0.717, 1.165) is 48.9 Å². The summed E-state index contributed by atoms with van der Waals surface area (Å²) in [4.78, 5) is 13.9. The van der Waals surface area contributed by atoms with Crippen LogP contribution in [0.2, 0.25) is 5.02 Å². The van der Waals surface area contributed by atoms with Crippen LogP contribution >= 0.6 is 11.6 Å². The SMILES string of the molecule is COc1ccc(N2CCN(c3ncccc3-c3nc(-c4ccc(Cl)cc4)no3)CC2)cc1. The monoisotopic (exact) mass is 447 g/mol. The molecule has 2 aromatic carbocycles. The van der Waals surface area contributed by atoms with Crippen LogP contribution in [0.1, 0.15) is 0 Å². The van der Waals surface area contributed by atoms with Crippen molar-refractivity contribution in [3.05, 3.63) is 71.9 Å². The summed E-state index contributed by atoms with van der Waals surface area (Å²) in [6.07, 6.45) is 1.80. The van der Waals surface area contributed by atoms with Crippen molar-refractivity contribution in [1.82, 2.24) is 15.1 Å². The van der Waals surface area contributed by atoms with Gasteiger partial charge >= 0.3 is 0 Å². The molecule has 7 nitrogen and oxygen atoms in total. The van der Waals surface area contributed by atoms with Crippen molar-refractivity contribution in [2.75, 3.05) is 43.1 Å². The van der Waals surface area contributed by atoms with Crippen molar-refractivity contribution >= 4 is 23.1 Å². The van der Waals surface area contributed by atoms with Crippen molar-refractivity contribution in [2.45, 2.75) is 0 Å². The van der Waals surface area contributed by atoms with E-state index in [2.05, 4.69) is 37.1 Å². The first-order chi connectivity index (χ1) is 15.7. The van der Waals surface area contributed by atoms with E-state index in [1.54, 1.807) is 13.3 Å². The summed E-state index contributed by atoms with van der Waals surface area (Å²) in [7, 11) is 1.68. The largest absolute Gasteiger partial charge is 0.497 e. The normalized spacial score (nSPS) is 13.9. The molecule has 0 aliphatic carbocycles. The van der Waals surface area contributed by atoms with Gasteiger partial charge < -0.3 is 19.1 Å². The van der Waals surface area contributed by atoms with Crippen LogP contribution in [0.25, 0.3) is 22.8 Å². The fourth-order valence-electron chi connectivity index (χ4n) is 3.83.